The highest BCUT2D eigenvalue weighted by Gasteiger charge is 2.24. The maximum absolute atomic E-state index is 4.51. The van der Waals surface area contributed by atoms with Gasteiger partial charge in [0.25, 0.3) is 0 Å². The molecule has 1 aliphatic carbocycles. The predicted octanol–water partition coefficient (Wildman–Crippen LogP) is 10.7. The topological polar surface area (TPSA) is 35.1 Å². The van der Waals surface area contributed by atoms with Crippen molar-refractivity contribution >= 4 is 56.0 Å². The third-order valence-corrected chi connectivity index (χ3v) is 9.59. The molecule has 0 radical (unpaired) electrons. The molecule has 4 heteroatoms. The Morgan fingerprint density at radius 2 is 1.36 bits per heavy atom. The van der Waals surface area contributed by atoms with Crippen molar-refractivity contribution < 1.29 is 0 Å². The van der Waals surface area contributed by atoms with Gasteiger partial charge >= 0.3 is 0 Å². The van der Waals surface area contributed by atoms with Crippen molar-refractivity contribution in [1.29, 1.82) is 0 Å². The number of hydrogen-bond acceptors (Lipinski definition) is 2. The third-order valence-electron chi connectivity index (χ3n) is 9.59. The van der Waals surface area contributed by atoms with Gasteiger partial charge in [0.1, 0.15) is 0 Å². The first-order valence-electron chi connectivity index (χ1n) is 16.2. The fourth-order valence-electron chi connectivity index (χ4n) is 7.67. The number of hydrogen-bond donors (Lipinski definition) is 0. The molecular weight excluding hydrogens is 573 g/mol. The number of para-hydroxylation sites is 3. The standard InChI is InChI=1S/C43H32N4/c1-44-28-31-26-30(24-25-45-31)35-19-11-23-41-43(35)37-17-6-8-21-39(37)47(41)33-15-9-12-29(27-33)34-18-10-22-40-42(34)36-16-5-7-20-38(36)46(40)32-13-3-2-4-14-32/h2-26,29H,1,27-28H2. The fraction of sp³-hybridized carbons (Fsp3) is 0.0698. The first-order chi connectivity index (χ1) is 23.3. The Bertz CT molecular complexity index is 2550. The first kappa shape index (κ1) is 27.3. The SMILES string of the molecule is C=NCc1cc(-c2cccc3c2c2ccccc2n3C2=CC=CC(c3cccc4c3c3ccccc3n4-c3ccccc3)C2)ccn1. The number of allylic oxidation sites excluding steroid dienone is 4. The van der Waals surface area contributed by atoms with Crippen LogP contribution in [0.25, 0.3) is 66.1 Å². The zero-order chi connectivity index (χ0) is 31.3. The minimum Gasteiger partial charge on any atom is -0.313 e. The van der Waals surface area contributed by atoms with Gasteiger partial charge in [0.05, 0.1) is 34.3 Å². The maximum Gasteiger partial charge on any atom is 0.0804 e. The average Bonchev–Trinajstić information content (AvgIpc) is 3.66. The van der Waals surface area contributed by atoms with E-state index in [2.05, 4.69) is 171 Å². The molecule has 0 bridgehead atoms. The number of rotatable bonds is 6. The Labute approximate surface area is 273 Å². The quantitative estimate of drug-likeness (QED) is 0.174. The van der Waals surface area contributed by atoms with Gasteiger partial charge in [-0.05, 0) is 84.4 Å². The van der Waals surface area contributed by atoms with Gasteiger partial charge in [0.2, 0.25) is 0 Å². The summed E-state index contributed by atoms with van der Waals surface area (Å²) in [5, 5.41) is 5.12. The molecule has 1 unspecified atom stereocenters. The van der Waals surface area contributed by atoms with E-state index < -0.39 is 0 Å². The summed E-state index contributed by atoms with van der Waals surface area (Å²) in [6, 6.07) is 46.0. The zero-order valence-electron chi connectivity index (χ0n) is 25.9. The summed E-state index contributed by atoms with van der Waals surface area (Å²) in [5.41, 5.74) is 12.0. The Morgan fingerprint density at radius 3 is 2.17 bits per heavy atom. The molecular formula is C43H32N4. The second kappa shape index (κ2) is 11.1. The Kier molecular flexibility index (Phi) is 6.46. The molecule has 1 aliphatic rings. The molecule has 0 spiro atoms. The van der Waals surface area contributed by atoms with Crippen LogP contribution in [0.3, 0.4) is 0 Å². The van der Waals surface area contributed by atoms with Crippen molar-refractivity contribution in [3.05, 3.63) is 163 Å². The Balaban J connectivity index is 1.20. The van der Waals surface area contributed by atoms with E-state index in [0.29, 0.717) is 6.54 Å². The molecule has 0 N–H and O–H groups in total. The smallest absolute Gasteiger partial charge is 0.0804 e. The Morgan fingerprint density at radius 1 is 0.681 bits per heavy atom. The van der Waals surface area contributed by atoms with Crippen molar-refractivity contribution in [3.8, 4) is 16.8 Å². The second-order valence-electron chi connectivity index (χ2n) is 12.3. The van der Waals surface area contributed by atoms with Gasteiger partial charge in [0.15, 0.2) is 0 Å². The van der Waals surface area contributed by atoms with E-state index in [-0.39, 0.29) is 5.92 Å². The molecule has 3 heterocycles. The first-order valence-corrected chi connectivity index (χ1v) is 16.2. The van der Waals surface area contributed by atoms with E-state index in [4.69, 9.17) is 0 Å². The number of pyridine rings is 1. The van der Waals surface area contributed by atoms with E-state index >= 15 is 0 Å². The molecule has 4 nitrogen and oxygen atoms in total. The van der Waals surface area contributed by atoms with Gasteiger partial charge in [-0.25, -0.2) is 0 Å². The highest BCUT2D eigenvalue weighted by Crippen LogP contribution is 2.44. The lowest BCUT2D eigenvalue weighted by molar-refractivity contribution is 0.844. The number of benzene rings is 5. The third kappa shape index (κ3) is 4.37. The van der Waals surface area contributed by atoms with Crippen LogP contribution in [-0.2, 0) is 6.54 Å². The molecule has 9 rings (SSSR count). The minimum absolute atomic E-state index is 0.224. The van der Waals surface area contributed by atoms with Gasteiger partial charge < -0.3 is 9.13 Å². The zero-order valence-corrected chi connectivity index (χ0v) is 25.9. The lowest BCUT2D eigenvalue weighted by Crippen LogP contribution is -2.06. The summed E-state index contributed by atoms with van der Waals surface area (Å²) in [7, 11) is 0. The highest BCUT2D eigenvalue weighted by atomic mass is 15.0. The van der Waals surface area contributed by atoms with E-state index in [9.17, 15) is 0 Å². The van der Waals surface area contributed by atoms with Crippen molar-refractivity contribution in [3.63, 3.8) is 0 Å². The summed E-state index contributed by atoms with van der Waals surface area (Å²) in [5.74, 6) is 0.224. The van der Waals surface area contributed by atoms with E-state index in [0.717, 1.165) is 17.7 Å². The second-order valence-corrected chi connectivity index (χ2v) is 12.3. The molecule has 5 aromatic carbocycles. The summed E-state index contributed by atoms with van der Waals surface area (Å²) >= 11 is 0. The summed E-state index contributed by atoms with van der Waals surface area (Å²) in [4.78, 5) is 8.59. The van der Waals surface area contributed by atoms with Gasteiger partial charge in [-0.3, -0.25) is 9.98 Å². The Hall–Kier alpha value is -6.00. The molecule has 8 aromatic rings. The van der Waals surface area contributed by atoms with E-state index in [1.54, 1.807) is 0 Å². The van der Waals surface area contributed by atoms with E-state index in [1.165, 1.54) is 66.1 Å². The van der Waals surface area contributed by atoms with Gasteiger partial charge in [0, 0.05) is 45.0 Å². The minimum atomic E-state index is 0.224. The van der Waals surface area contributed by atoms with Gasteiger partial charge in [-0.1, -0.05) is 91.0 Å². The van der Waals surface area contributed by atoms with Gasteiger partial charge in [-0.15, -0.1) is 0 Å². The molecule has 0 aliphatic heterocycles. The average molecular weight is 605 g/mol. The summed E-state index contributed by atoms with van der Waals surface area (Å²) in [6.07, 6.45) is 9.69. The van der Waals surface area contributed by atoms with Crippen LogP contribution in [0.2, 0.25) is 0 Å². The van der Waals surface area contributed by atoms with Crippen molar-refractivity contribution in [2.24, 2.45) is 4.99 Å². The van der Waals surface area contributed by atoms with Crippen molar-refractivity contribution in [1.82, 2.24) is 14.1 Å². The van der Waals surface area contributed by atoms with Crippen LogP contribution in [0.15, 0.2) is 157 Å². The molecule has 0 saturated heterocycles. The molecule has 0 amide bonds. The largest absolute Gasteiger partial charge is 0.313 e. The van der Waals surface area contributed by atoms with Crippen molar-refractivity contribution in [2.75, 3.05) is 0 Å². The normalized spacial score (nSPS) is 14.7. The van der Waals surface area contributed by atoms with Crippen LogP contribution in [0, 0.1) is 0 Å². The number of aromatic nitrogens is 3. The number of aliphatic imine (C=N–C) groups is 1. The van der Waals surface area contributed by atoms with E-state index in [1.807, 2.05) is 6.20 Å². The molecule has 224 valence electrons. The van der Waals surface area contributed by atoms with Crippen LogP contribution in [0.5, 0.6) is 0 Å². The maximum atomic E-state index is 4.51. The molecule has 0 saturated carbocycles. The lowest BCUT2D eigenvalue weighted by Gasteiger charge is -2.22. The van der Waals surface area contributed by atoms with Crippen LogP contribution >= 0.6 is 0 Å². The summed E-state index contributed by atoms with van der Waals surface area (Å²) in [6.45, 7) is 4.18. The molecule has 47 heavy (non-hydrogen) atoms. The van der Waals surface area contributed by atoms with Crippen LogP contribution in [0.4, 0.5) is 0 Å². The molecule has 1 atom stereocenters. The van der Waals surface area contributed by atoms with Gasteiger partial charge in [-0.2, -0.15) is 0 Å². The predicted molar refractivity (Wildman–Crippen MR) is 197 cm³/mol. The van der Waals surface area contributed by atoms with Crippen molar-refractivity contribution in [2.45, 2.75) is 18.9 Å². The van der Waals surface area contributed by atoms with Crippen LogP contribution in [-0.4, -0.2) is 20.8 Å². The summed E-state index contributed by atoms with van der Waals surface area (Å²) < 4.78 is 4.88. The monoisotopic (exact) mass is 604 g/mol. The van der Waals surface area contributed by atoms with Crippen LogP contribution in [0.1, 0.15) is 23.6 Å². The molecule has 0 fully saturated rings. The lowest BCUT2D eigenvalue weighted by atomic mass is 9.88. The van der Waals surface area contributed by atoms with Crippen LogP contribution < -0.4 is 0 Å². The number of fused-ring (bicyclic) bond motifs is 6. The fourth-order valence-corrected chi connectivity index (χ4v) is 7.67. The highest BCUT2D eigenvalue weighted by molar-refractivity contribution is 6.16. The molecule has 3 aromatic heterocycles. The number of nitrogens with zero attached hydrogens (tertiary/aromatic N) is 4.